The van der Waals surface area contributed by atoms with Gasteiger partial charge >= 0.3 is 6.03 Å². The maximum atomic E-state index is 13.8. The number of benzene rings is 1. The van der Waals surface area contributed by atoms with Crippen LogP contribution in [-0.2, 0) is 0 Å². The fourth-order valence-corrected chi connectivity index (χ4v) is 2.44. The molecule has 22 heavy (non-hydrogen) atoms. The van der Waals surface area contributed by atoms with Crippen LogP contribution in [0.1, 0.15) is 37.8 Å². The van der Waals surface area contributed by atoms with Crippen LogP contribution in [0, 0.1) is 17.6 Å². The van der Waals surface area contributed by atoms with E-state index in [0.29, 0.717) is 6.42 Å². The maximum Gasteiger partial charge on any atom is 0.317 e. The topological polar surface area (TPSA) is 52.6 Å². The number of halogens is 2. The average Bonchev–Trinajstić information content (AvgIpc) is 3.29. The summed E-state index contributed by atoms with van der Waals surface area (Å²) in [5.74, 6) is -1.04. The van der Waals surface area contributed by atoms with E-state index in [1.165, 1.54) is 17.0 Å². The molecule has 0 spiro atoms. The minimum atomic E-state index is -0.673. The van der Waals surface area contributed by atoms with Crippen molar-refractivity contribution in [1.29, 1.82) is 0 Å². The molecule has 0 bridgehead atoms. The van der Waals surface area contributed by atoms with Crippen LogP contribution in [0.4, 0.5) is 13.6 Å². The Hall–Kier alpha value is -1.69. The number of likely N-dealkylation sites (N-methyl/N-ethyl adjacent to an activating group) is 1. The van der Waals surface area contributed by atoms with Gasteiger partial charge in [0.25, 0.3) is 0 Å². The van der Waals surface area contributed by atoms with Gasteiger partial charge in [-0.05, 0) is 31.2 Å². The Balaban J connectivity index is 1.97. The van der Waals surface area contributed by atoms with Crippen LogP contribution in [0.2, 0.25) is 0 Å². The van der Waals surface area contributed by atoms with E-state index < -0.39 is 23.8 Å². The number of amides is 2. The average molecular weight is 312 g/mol. The van der Waals surface area contributed by atoms with Gasteiger partial charge in [0.15, 0.2) is 0 Å². The summed E-state index contributed by atoms with van der Waals surface area (Å²) in [6, 6.07) is 2.42. The van der Waals surface area contributed by atoms with E-state index in [4.69, 9.17) is 0 Å². The molecule has 2 rings (SSSR count). The van der Waals surface area contributed by atoms with Gasteiger partial charge < -0.3 is 15.3 Å². The van der Waals surface area contributed by atoms with Crippen LogP contribution in [0.5, 0.6) is 0 Å². The summed E-state index contributed by atoms with van der Waals surface area (Å²) in [6.45, 7) is 2.06. The molecular formula is C16H22F2N2O2. The smallest absolute Gasteiger partial charge is 0.317 e. The Bertz CT molecular complexity index is 535. The van der Waals surface area contributed by atoms with Crippen molar-refractivity contribution < 1.29 is 18.7 Å². The van der Waals surface area contributed by atoms with E-state index in [-0.39, 0.29) is 24.1 Å². The zero-order valence-corrected chi connectivity index (χ0v) is 12.9. The Labute approximate surface area is 129 Å². The van der Waals surface area contributed by atoms with E-state index in [0.717, 1.165) is 18.9 Å². The number of aliphatic hydroxyl groups excluding tert-OH is 1. The highest BCUT2D eigenvalue weighted by Crippen LogP contribution is 2.32. The fraction of sp³-hybridized carbons (Fsp3) is 0.562. The minimum Gasteiger partial charge on any atom is -0.391 e. The first-order chi connectivity index (χ1) is 10.4. The summed E-state index contributed by atoms with van der Waals surface area (Å²) in [5, 5.41) is 12.6. The fourth-order valence-electron chi connectivity index (χ4n) is 2.44. The third-order valence-corrected chi connectivity index (χ3v) is 4.02. The first-order valence-electron chi connectivity index (χ1n) is 7.57. The lowest BCUT2D eigenvalue weighted by atomic mass is 10.0. The van der Waals surface area contributed by atoms with Crippen molar-refractivity contribution in [1.82, 2.24) is 10.2 Å². The molecular weight excluding hydrogens is 290 g/mol. The molecule has 1 fully saturated rings. The second kappa shape index (κ2) is 7.05. The molecule has 4 nitrogen and oxygen atoms in total. The molecule has 0 aliphatic heterocycles. The van der Waals surface area contributed by atoms with Gasteiger partial charge in [0, 0.05) is 25.2 Å². The van der Waals surface area contributed by atoms with Crippen molar-refractivity contribution in [3.8, 4) is 0 Å². The third-order valence-electron chi connectivity index (χ3n) is 4.02. The molecule has 0 saturated heterocycles. The highest BCUT2D eigenvalue weighted by atomic mass is 19.1. The van der Waals surface area contributed by atoms with E-state index >= 15 is 0 Å². The molecule has 0 heterocycles. The number of urea groups is 1. The van der Waals surface area contributed by atoms with E-state index in [1.807, 2.05) is 6.92 Å². The van der Waals surface area contributed by atoms with Crippen molar-refractivity contribution in [3.05, 3.63) is 35.4 Å². The second-order valence-electron chi connectivity index (χ2n) is 5.86. The summed E-state index contributed by atoms with van der Waals surface area (Å²) in [7, 11) is 1.59. The summed E-state index contributed by atoms with van der Waals surface area (Å²) >= 11 is 0. The molecule has 1 aromatic rings. The zero-order valence-electron chi connectivity index (χ0n) is 12.9. The number of carbonyl (C=O) groups is 1. The molecule has 2 unspecified atom stereocenters. The number of aliphatic hydroxyl groups is 1. The van der Waals surface area contributed by atoms with Crippen LogP contribution in [0.25, 0.3) is 0 Å². The lowest BCUT2D eigenvalue weighted by molar-refractivity contribution is 0.112. The first kappa shape index (κ1) is 16.7. The summed E-state index contributed by atoms with van der Waals surface area (Å²) < 4.78 is 26.8. The minimum absolute atomic E-state index is 0.249. The SMILES string of the molecule is CCC(NC(=O)N(C)CC(O)C1CC1)c1ccc(F)cc1F. The summed E-state index contributed by atoms with van der Waals surface area (Å²) in [6.07, 6.45) is 1.95. The normalized spacial score (nSPS) is 17.0. The van der Waals surface area contributed by atoms with Crippen LogP contribution in [0.3, 0.4) is 0 Å². The molecule has 1 saturated carbocycles. The number of carbonyl (C=O) groups excluding carboxylic acids is 1. The third kappa shape index (κ3) is 4.16. The molecule has 1 aromatic carbocycles. The second-order valence-corrected chi connectivity index (χ2v) is 5.86. The lowest BCUT2D eigenvalue weighted by Crippen LogP contribution is -2.43. The molecule has 2 N–H and O–H groups in total. The van der Waals surface area contributed by atoms with Crippen molar-refractivity contribution in [2.75, 3.05) is 13.6 Å². The van der Waals surface area contributed by atoms with Crippen molar-refractivity contribution >= 4 is 6.03 Å². The quantitative estimate of drug-likeness (QED) is 0.848. The lowest BCUT2D eigenvalue weighted by Gasteiger charge is -2.25. The van der Waals surface area contributed by atoms with Crippen LogP contribution in [-0.4, -0.2) is 35.7 Å². The number of nitrogens with one attached hydrogen (secondary N) is 1. The Morgan fingerprint density at radius 3 is 2.68 bits per heavy atom. The molecule has 1 aliphatic rings. The van der Waals surface area contributed by atoms with Gasteiger partial charge in [-0.3, -0.25) is 0 Å². The van der Waals surface area contributed by atoms with Gasteiger partial charge in [-0.1, -0.05) is 13.0 Å². The Kier molecular flexibility index (Phi) is 5.34. The van der Waals surface area contributed by atoms with Gasteiger partial charge in [-0.2, -0.15) is 0 Å². The van der Waals surface area contributed by atoms with Gasteiger partial charge in [-0.25, -0.2) is 13.6 Å². The van der Waals surface area contributed by atoms with Crippen LogP contribution < -0.4 is 5.32 Å². The number of hydrogen-bond acceptors (Lipinski definition) is 2. The molecule has 0 aromatic heterocycles. The highest BCUT2D eigenvalue weighted by molar-refractivity contribution is 5.74. The van der Waals surface area contributed by atoms with E-state index in [1.54, 1.807) is 7.05 Å². The Morgan fingerprint density at radius 1 is 1.45 bits per heavy atom. The van der Waals surface area contributed by atoms with Gasteiger partial charge in [0.05, 0.1) is 12.1 Å². The predicted molar refractivity (Wildman–Crippen MR) is 79.3 cm³/mol. The number of hydrogen-bond donors (Lipinski definition) is 2. The molecule has 2 amide bonds. The molecule has 2 atom stereocenters. The van der Waals surface area contributed by atoms with Crippen LogP contribution >= 0.6 is 0 Å². The highest BCUT2D eigenvalue weighted by Gasteiger charge is 2.31. The zero-order chi connectivity index (χ0) is 16.3. The number of rotatable bonds is 6. The monoisotopic (exact) mass is 312 g/mol. The molecule has 1 aliphatic carbocycles. The molecule has 122 valence electrons. The van der Waals surface area contributed by atoms with Gasteiger partial charge in [-0.15, -0.1) is 0 Å². The predicted octanol–water partition coefficient (Wildman–Crippen LogP) is 2.83. The van der Waals surface area contributed by atoms with Gasteiger partial charge in [0.2, 0.25) is 0 Å². The first-order valence-corrected chi connectivity index (χ1v) is 7.57. The van der Waals surface area contributed by atoms with Crippen molar-refractivity contribution in [3.63, 3.8) is 0 Å². The number of nitrogens with zero attached hydrogens (tertiary/aromatic N) is 1. The van der Waals surface area contributed by atoms with Gasteiger partial charge in [0.1, 0.15) is 11.6 Å². The van der Waals surface area contributed by atoms with Crippen molar-refractivity contribution in [2.45, 2.75) is 38.3 Å². The maximum absolute atomic E-state index is 13.8. The largest absolute Gasteiger partial charge is 0.391 e. The summed E-state index contributed by atoms with van der Waals surface area (Å²) in [5.41, 5.74) is 0.258. The van der Waals surface area contributed by atoms with Crippen LogP contribution in [0.15, 0.2) is 18.2 Å². The molecule has 0 radical (unpaired) electrons. The molecule has 6 heteroatoms. The van der Waals surface area contributed by atoms with E-state index in [9.17, 15) is 18.7 Å². The van der Waals surface area contributed by atoms with E-state index in [2.05, 4.69) is 5.32 Å². The summed E-state index contributed by atoms with van der Waals surface area (Å²) in [4.78, 5) is 13.5. The van der Waals surface area contributed by atoms with Crippen molar-refractivity contribution in [2.24, 2.45) is 5.92 Å². The Morgan fingerprint density at radius 2 is 2.14 bits per heavy atom. The standard InChI is InChI=1S/C16H22F2N2O2/c1-3-14(12-7-6-11(17)8-13(12)18)19-16(22)20(2)9-15(21)10-4-5-10/h6-8,10,14-15,21H,3-5,9H2,1-2H3,(H,19,22).